The first-order valence-electron chi connectivity index (χ1n) is 14.8. The molecule has 0 aromatic heterocycles. The molecule has 39 heavy (non-hydrogen) atoms. The van der Waals surface area contributed by atoms with Gasteiger partial charge in [-0.1, -0.05) is 133 Å². The summed E-state index contributed by atoms with van der Waals surface area (Å²) < 4.78 is 5.71. The molecule has 0 saturated carbocycles. The highest BCUT2D eigenvalue weighted by atomic mass is 16.5. The van der Waals surface area contributed by atoms with E-state index in [1.807, 2.05) is 36.4 Å². The van der Waals surface area contributed by atoms with Crippen LogP contribution in [0, 0.1) is 0 Å². The fourth-order valence-electron chi connectivity index (χ4n) is 4.76. The summed E-state index contributed by atoms with van der Waals surface area (Å²) in [6.07, 6.45) is 18.6. The maximum Gasteiger partial charge on any atom is 0.343 e. The Labute approximate surface area is 234 Å². The van der Waals surface area contributed by atoms with Gasteiger partial charge in [0.1, 0.15) is 5.75 Å². The number of hydrogen-bond donors (Lipinski definition) is 1. The number of esters is 1. The molecule has 0 spiro atoms. The van der Waals surface area contributed by atoms with Crippen molar-refractivity contribution in [3.05, 3.63) is 77.9 Å². The van der Waals surface area contributed by atoms with Gasteiger partial charge >= 0.3 is 5.97 Å². The molecule has 0 aliphatic rings. The molecular formula is C34H44N2O3. The highest BCUT2D eigenvalue weighted by Crippen LogP contribution is 2.27. The first kappa shape index (κ1) is 30.1. The van der Waals surface area contributed by atoms with Crippen LogP contribution < -0.4 is 10.2 Å². The third kappa shape index (κ3) is 11.0. The summed E-state index contributed by atoms with van der Waals surface area (Å²) in [5, 5.41) is 6.09. The van der Waals surface area contributed by atoms with Crippen LogP contribution in [-0.4, -0.2) is 18.1 Å². The van der Waals surface area contributed by atoms with Gasteiger partial charge in [0.15, 0.2) is 0 Å². The number of ether oxygens (including phenoxy) is 1. The third-order valence-corrected chi connectivity index (χ3v) is 7.03. The summed E-state index contributed by atoms with van der Waals surface area (Å²) in [6.45, 7) is 2.26. The number of nitrogens with one attached hydrogen (secondary N) is 1. The second-order valence-electron chi connectivity index (χ2n) is 10.2. The number of hydrazone groups is 1. The second kappa shape index (κ2) is 17.9. The maximum absolute atomic E-state index is 12.7. The minimum absolute atomic E-state index is 0.0996. The molecule has 1 amide bonds. The molecule has 0 fully saturated rings. The summed E-state index contributed by atoms with van der Waals surface area (Å²) in [6, 6.07) is 20.4. The molecule has 3 aromatic rings. The molecule has 0 saturated heterocycles. The van der Waals surface area contributed by atoms with E-state index in [-0.39, 0.29) is 5.91 Å². The smallest absolute Gasteiger partial charge is 0.343 e. The Morgan fingerprint density at radius 1 is 0.718 bits per heavy atom. The van der Waals surface area contributed by atoms with Crippen LogP contribution >= 0.6 is 0 Å². The van der Waals surface area contributed by atoms with E-state index in [9.17, 15) is 9.59 Å². The predicted molar refractivity (Wildman–Crippen MR) is 161 cm³/mol. The van der Waals surface area contributed by atoms with Gasteiger partial charge in [-0.15, -0.1) is 0 Å². The number of rotatable bonds is 18. The highest BCUT2D eigenvalue weighted by Gasteiger charge is 2.13. The van der Waals surface area contributed by atoms with E-state index in [4.69, 9.17) is 4.74 Å². The molecule has 0 aliphatic heterocycles. The molecule has 5 heteroatoms. The first-order chi connectivity index (χ1) is 19.2. The zero-order valence-electron chi connectivity index (χ0n) is 23.5. The molecule has 0 atom stereocenters. The van der Waals surface area contributed by atoms with Gasteiger partial charge in [-0.3, -0.25) is 4.79 Å². The van der Waals surface area contributed by atoms with Crippen LogP contribution in [0.2, 0.25) is 0 Å². The predicted octanol–water partition coefficient (Wildman–Crippen LogP) is 8.99. The number of carbonyl (C=O) groups is 2. The second-order valence-corrected chi connectivity index (χ2v) is 10.2. The summed E-state index contributed by atoms with van der Waals surface area (Å²) >= 11 is 0. The number of amides is 1. The zero-order chi connectivity index (χ0) is 27.5. The van der Waals surface area contributed by atoms with Gasteiger partial charge in [-0.05, 0) is 35.4 Å². The van der Waals surface area contributed by atoms with Gasteiger partial charge in [0, 0.05) is 12.0 Å². The average molecular weight is 529 g/mol. The van der Waals surface area contributed by atoms with Crippen LogP contribution in [0.1, 0.15) is 113 Å². The lowest BCUT2D eigenvalue weighted by atomic mass is 10.0. The van der Waals surface area contributed by atoms with Crippen LogP contribution in [0.5, 0.6) is 5.75 Å². The van der Waals surface area contributed by atoms with Gasteiger partial charge < -0.3 is 4.74 Å². The Hall–Kier alpha value is -3.47. The van der Waals surface area contributed by atoms with Crippen molar-refractivity contribution >= 4 is 28.9 Å². The van der Waals surface area contributed by atoms with Gasteiger partial charge in [0.25, 0.3) is 0 Å². The van der Waals surface area contributed by atoms with Crippen LogP contribution in [0.3, 0.4) is 0 Å². The Morgan fingerprint density at radius 3 is 1.97 bits per heavy atom. The van der Waals surface area contributed by atoms with Crippen LogP contribution in [0.25, 0.3) is 10.8 Å². The van der Waals surface area contributed by atoms with Crippen molar-refractivity contribution in [1.82, 2.24) is 5.43 Å². The maximum atomic E-state index is 12.7. The molecular weight excluding hydrogens is 484 g/mol. The average Bonchev–Trinajstić information content (AvgIpc) is 2.96. The van der Waals surface area contributed by atoms with E-state index >= 15 is 0 Å². The summed E-state index contributed by atoms with van der Waals surface area (Å²) in [5.74, 6) is -0.138. The molecule has 208 valence electrons. The van der Waals surface area contributed by atoms with E-state index in [1.54, 1.807) is 36.5 Å². The SMILES string of the molecule is CCCCCCCCCCCCCCCC(=O)N/N=C\c1c(OC(=O)c2ccccc2)ccc2ccccc12. The lowest BCUT2D eigenvalue weighted by Crippen LogP contribution is -2.17. The van der Waals surface area contributed by atoms with Crippen molar-refractivity contribution < 1.29 is 14.3 Å². The quantitative estimate of drug-likeness (QED) is 0.0589. The number of nitrogens with zero attached hydrogens (tertiary/aromatic N) is 1. The van der Waals surface area contributed by atoms with E-state index in [0.29, 0.717) is 23.3 Å². The first-order valence-corrected chi connectivity index (χ1v) is 14.8. The summed E-state index contributed by atoms with van der Waals surface area (Å²) in [7, 11) is 0. The number of carbonyl (C=O) groups excluding carboxylic acids is 2. The van der Waals surface area contributed by atoms with Crippen LogP contribution in [0.4, 0.5) is 0 Å². The van der Waals surface area contributed by atoms with Crippen molar-refractivity contribution in [2.24, 2.45) is 5.10 Å². The van der Waals surface area contributed by atoms with E-state index in [1.165, 1.54) is 70.6 Å². The molecule has 5 nitrogen and oxygen atoms in total. The number of benzene rings is 3. The van der Waals surface area contributed by atoms with Gasteiger partial charge in [-0.2, -0.15) is 5.10 Å². The van der Waals surface area contributed by atoms with Crippen LogP contribution in [-0.2, 0) is 4.79 Å². The van der Waals surface area contributed by atoms with E-state index < -0.39 is 5.97 Å². The Balaban J connectivity index is 1.39. The van der Waals surface area contributed by atoms with E-state index in [0.717, 1.165) is 23.6 Å². The number of unbranched alkanes of at least 4 members (excludes halogenated alkanes) is 12. The van der Waals surface area contributed by atoms with Crippen molar-refractivity contribution in [3.8, 4) is 5.75 Å². The molecule has 0 bridgehead atoms. The van der Waals surface area contributed by atoms with Gasteiger partial charge in [-0.25, -0.2) is 10.2 Å². The topological polar surface area (TPSA) is 67.8 Å². The molecule has 3 rings (SSSR count). The van der Waals surface area contributed by atoms with Crippen molar-refractivity contribution in [2.75, 3.05) is 0 Å². The van der Waals surface area contributed by atoms with Crippen LogP contribution in [0.15, 0.2) is 71.8 Å². The molecule has 3 aromatic carbocycles. The van der Waals surface area contributed by atoms with Crippen molar-refractivity contribution in [1.29, 1.82) is 0 Å². The lowest BCUT2D eigenvalue weighted by Gasteiger charge is -2.10. The minimum atomic E-state index is -0.438. The minimum Gasteiger partial charge on any atom is -0.422 e. The third-order valence-electron chi connectivity index (χ3n) is 7.03. The number of hydrogen-bond acceptors (Lipinski definition) is 4. The fraction of sp³-hybridized carbons (Fsp3) is 0.441. The Kier molecular flexibility index (Phi) is 13.8. The standard InChI is InChI=1S/C34H44N2O3/c1-2-3-4-5-6-7-8-9-10-11-12-13-17-24-33(37)36-35-27-31-30-23-19-18-20-28(30)25-26-32(31)39-34(38)29-21-15-14-16-22-29/h14-16,18-23,25-27H,2-13,17,24H2,1H3,(H,36,37)/b35-27-. The van der Waals surface area contributed by atoms with Crippen molar-refractivity contribution in [3.63, 3.8) is 0 Å². The fourth-order valence-corrected chi connectivity index (χ4v) is 4.76. The van der Waals surface area contributed by atoms with Gasteiger partial charge in [0.05, 0.1) is 11.8 Å². The largest absolute Gasteiger partial charge is 0.422 e. The summed E-state index contributed by atoms with van der Waals surface area (Å²) in [5.41, 5.74) is 3.76. The molecule has 0 radical (unpaired) electrons. The normalized spacial score (nSPS) is 11.2. The highest BCUT2D eigenvalue weighted by molar-refractivity contribution is 6.04. The Morgan fingerprint density at radius 2 is 1.31 bits per heavy atom. The Bertz CT molecular complexity index is 1170. The molecule has 1 N–H and O–H groups in total. The molecule has 0 heterocycles. The number of fused-ring (bicyclic) bond motifs is 1. The molecule has 0 unspecified atom stereocenters. The van der Waals surface area contributed by atoms with E-state index in [2.05, 4.69) is 17.5 Å². The zero-order valence-corrected chi connectivity index (χ0v) is 23.5. The lowest BCUT2D eigenvalue weighted by molar-refractivity contribution is -0.121. The van der Waals surface area contributed by atoms with Crippen molar-refractivity contribution in [2.45, 2.75) is 96.8 Å². The monoisotopic (exact) mass is 528 g/mol. The summed E-state index contributed by atoms with van der Waals surface area (Å²) in [4.78, 5) is 25.0. The van der Waals surface area contributed by atoms with Gasteiger partial charge in [0.2, 0.25) is 5.91 Å². The molecule has 0 aliphatic carbocycles.